The fraction of sp³-hybridized carbons (Fsp3) is 0.231. The number of hydrogen-bond acceptors (Lipinski definition) is 4. The SMILES string of the molecule is CCOC(=O)C(C#N)=C(O)Cc1ccccc1F. The molecule has 0 heterocycles. The molecule has 0 radical (unpaired) electrons. The number of allylic oxidation sites excluding steroid dienone is 1. The standard InChI is InChI=1S/C13H12FNO3/c1-2-18-13(17)10(8-15)12(16)7-9-5-3-4-6-11(9)14/h3-6,16H,2,7H2,1H3. The summed E-state index contributed by atoms with van der Waals surface area (Å²) >= 11 is 0. The topological polar surface area (TPSA) is 70.3 Å². The highest BCUT2D eigenvalue weighted by Crippen LogP contribution is 2.14. The Morgan fingerprint density at radius 3 is 2.72 bits per heavy atom. The molecule has 0 bridgehead atoms. The van der Waals surface area contributed by atoms with Crippen LogP contribution in [0, 0.1) is 17.1 Å². The summed E-state index contributed by atoms with van der Waals surface area (Å²) in [6.45, 7) is 1.68. The van der Waals surface area contributed by atoms with Gasteiger partial charge in [0.2, 0.25) is 0 Å². The molecule has 0 saturated heterocycles. The van der Waals surface area contributed by atoms with Gasteiger partial charge in [-0.3, -0.25) is 0 Å². The number of nitrogens with zero attached hydrogens (tertiary/aromatic N) is 1. The van der Waals surface area contributed by atoms with E-state index in [0.29, 0.717) is 0 Å². The number of carbonyl (C=O) groups excluding carboxylic acids is 1. The monoisotopic (exact) mass is 249 g/mol. The van der Waals surface area contributed by atoms with E-state index in [1.807, 2.05) is 0 Å². The Labute approximate surface area is 104 Å². The van der Waals surface area contributed by atoms with Crippen LogP contribution in [0.3, 0.4) is 0 Å². The third-order valence-electron chi connectivity index (χ3n) is 2.20. The highest BCUT2D eigenvalue weighted by atomic mass is 19.1. The van der Waals surface area contributed by atoms with Gasteiger partial charge in [0, 0.05) is 6.42 Å². The van der Waals surface area contributed by atoms with Crippen LogP contribution in [0.2, 0.25) is 0 Å². The van der Waals surface area contributed by atoms with Crippen molar-refractivity contribution in [1.82, 2.24) is 0 Å². The maximum absolute atomic E-state index is 13.3. The van der Waals surface area contributed by atoms with E-state index in [1.54, 1.807) is 19.1 Å². The molecule has 0 fully saturated rings. The zero-order valence-electron chi connectivity index (χ0n) is 9.81. The van der Waals surface area contributed by atoms with Crippen LogP contribution in [0.15, 0.2) is 35.6 Å². The molecular formula is C13H12FNO3. The van der Waals surface area contributed by atoms with Gasteiger partial charge in [0.1, 0.15) is 17.6 Å². The van der Waals surface area contributed by atoms with Crippen LogP contribution in [0.4, 0.5) is 4.39 Å². The Balaban J connectivity index is 2.98. The molecule has 94 valence electrons. The molecule has 0 aliphatic carbocycles. The van der Waals surface area contributed by atoms with Gasteiger partial charge in [-0.05, 0) is 18.6 Å². The highest BCUT2D eigenvalue weighted by molar-refractivity contribution is 5.93. The van der Waals surface area contributed by atoms with Crippen LogP contribution in [-0.4, -0.2) is 17.7 Å². The maximum Gasteiger partial charge on any atom is 0.352 e. The van der Waals surface area contributed by atoms with Crippen LogP contribution in [0.5, 0.6) is 0 Å². The Bertz CT molecular complexity index is 517. The Hall–Kier alpha value is -2.35. The molecule has 0 unspecified atom stereocenters. The molecule has 0 atom stereocenters. The smallest absolute Gasteiger partial charge is 0.352 e. The summed E-state index contributed by atoms with van der Waals surface area (Å²) in [6.07, 6.45) is -0.228. The number of aliphatic hydroxyl groups is 1. The third-order valence-corrected chi connectivity index (χ3v) is 2.20. The fourth-order valence-corrected chi connectivity index (χ4v) is 1.34. The molecule has 4 nitrogen and oxygen atoms in total. The number of nitriles is 1. The second kappa shape index (κ2) is 6.40. The predicted molar refractivity (Wildman–Crippen MR) is 62.0 cm³/mol. The summed E-state index contributed by atoms with van der Waals surface area (Å²) in [5.41, 5.74) is -0.299. The van der Waals surface area contributed by atoms with Crippen molar-refractivity contribution in [3.8, 4) is 6.07 Å². The predicted octanol–water partition coefficient (Wildman–Crippen LogP) is 2.27. The molecule has 0 aliphatic rings. The van der Waals surface area contributed by atoms with Gasteiger partial charge in [-0.2, -0.15) is 5.26 Å². The van der Waals surface area contributed by atoms with Crippen molar-refractivity contribution < 1.29 is 19.0 Å². The summed E-state index contributed by atoms with van der Waals surface area (Å²) in [6, 6.07) is 7.37. The van der Waals surface area contributed by atoms with Gasteiger partial charge >= 0.3 is 5.97 Å². The molecule has 18 heavy (non-hydrogen) atoms. The maximum atomic E-state index is 13.3. The molecule has 0 amide bonds. The second-order valence-electron chi connectivity index (χ2n) is 3.42. The number of hydrogen-bond donors (Lipinski definition) is 1. The first-order chi connectivity index (χ1) is 8.60. The summed E-state index contributed by atoms with van der Waals surface area (Å²) in [7, 11) is 0. The molecule has 5 heteroatoms. The van der Waals surface area contributed by atoms with E-state index < -0.39 is 23.1 Å². The van der Waals surface area contributed by atoms with Crippen molar-refractivity contribution in [3.05, 3.63) is 47.0 Å². The van der Waals surface area contributed by atoms with E-state index in [-0.39, 0.29) is 18.6 Å². The number of esters is 1. The van der Waals surface area contributed by atoms with Gasteiger partial charge in [0.25, 0.3) is 0 Å². The van der Waals surface area contributed by atoms with Crippen molar-refractivity contribution in [2.24, 2.45) is 0 Å². The zero-order valence-corrected chi connectivity index (χ0v) is 9.81. The van der Waals surface area contributed by atoms with Crippen LogP contribution >= 0.6 is 0 Å². The highest BCUT2D eigenvalue weighted by Gasteiger charge is 2.17. The average molecular weight is 249 g/mol. The van der Waals surface area contributed by atoms with Gasteiger partial charge in [0.15, 0.2) is 5.57 Å². The molecule has 1 rings (SSSR count). The van der Waals surface area contributed by atoms with Crippen LogP contribution < -0.4 is 0 Å². The minimum absolute atomic E-state index is 0.0942. The minimum atomic E-state index is -0.908. The number of halogens is 1. The van der Waals surface area contributed by atoms with E-state index in [0.717, 1.165) is 0 Å². The van der Waals surface area contributed by atoms with E-state index in [1.165, 1.54) is 18.2 Å². The van der Waals surface area contributed by atoms with Crippen molar-refractivity contribution >= 4 is 5.97 Å². The Morgan fingerprint density at radius 1 is 1.50 bits per heavy atom. The summed E-state index contributed by atoms with van der Waals surface area (Å²) < 4.78 is 17.9. The molecule has 0 spiro atoms. The van der Waals surface area contributed by atoms with Crippen molar-refractivity contribution in [1.29, 1.82) is 5.26 Å². The molecule has 0 aliphatic heterocycles. The Kier molecular flexibility index (Phi) is 4.88. The lowest BCUT2D eigenvalue weighted by Crippen LogP contribution is -2.10. The third kappa shape index (κ3) is 3.32. The first-order valence-electron chi connectivity index (χ1n) is 5.32. The van der Waals surface area contributed by atoms with Crippen LogP contribution in [0.1, 0.15) is 12.5 Å². The van der Waals surface area contributed by atoms with E-state index in [4.69, 9.17) is 5.26 Å². The van der Waals surface area contributed by atoms with Gasteiger partial charge in [-0.1, -0.05) is 18.2 Å². The quantitative estimate of drug-likeness (QED) is 0.384. The normalized spacial score (nSPS) is 11.4. The van der Waals surface area contributed by atoms with E-state index in [9.17, 15) is 14.3 Å². The van der Waals surface area contributed by atoms with Crippen molar-refractivity contribution in [2.75, 3.05) is 6.61 Å². The number of ether oxygens (including phenoxy) is 1. The lowest BCUT2D eigenvalue weighted by Gasteiger charge is -2.05. The summed E-state index contributed by atoms with van der Waals surface area (Å²) in [4.78, 5) is 11.3. The van der Waals surface area contributed by atoms with Crippen molar-refractivity contribution in [3.63, 3.8) is 0 Å². The van der Waals surface area contributed by atoms with E-state index in [2.05, 4.69) is 4.74 Å². The van der Waals surface area contributed by atoms with Crippen LogP contribution in [-0.2, 0) is 16.0 Å². The van der Waals surface area contributed by atoms with Gasteiger partial charge in [-0.15, -0.1) is 0 Å². The number of carbonyl (C=O) groups is 1. The summed E-state index contributed by atoms with van der Waals surface area (Å²) in [5.74, 6) is -1.92. The number of aliphatic hydroxyl groups excluding tert-OH is 1. The largest absolute Gasteiger partial charge is 0.510 e. The molecular weight excluding hydrogens is 237 g/mol. The second-order valence-corrected chi connectivity index (χ2v) is 3.42. The van der Waals surface area contributed by atoms with E-state index >= 15 is 0 Å². The lowest BCUT2D eigenvalue weighted by molar-refractivity contribution is -0.138. The average Bonchev–Trinajstić information content (AvgIpc) is 2.33. The molecule has 1 aromatic rings. The number of benzene rings is 1. The lowest BCUT2D eigenvalue weighted by atomic mass is 10.1. The molecule has 1 aromatic carbocycles. The van der Waals surface area contributed by atoms with Gasteiger partial charge in [0.05, 0.1) is 6.61 Å². The summed E-state index contributed by atoms with van der Waals surface area (Å²) in [5, 5.41) is 18.5. The first-order valence-corrected chi connectivity index (χ1v) is 5.32. The van der Waals surface area contributed by atoms with Gasteiger partial charge in [-0.25, -0.2) is 9.18 Å². The molecule has 0 saturated carbocycles. The van der Waals surface area contributed by atoms with Crippen LogP contribution in [0.25, 0.3) is 0 Å². The molecule has 0 aromatic heterocycles. The zero-order chi connectivity index (χ0) is 13.5. The van der Waals surface area contributed by atoms with Gasteiger partial charge < -0.3 is 9.84 Å². The first kappa shape index (κ1) is 13.7. The van der Waals surface area contributed by atoms with Crippen molar-refractivity contribution in [2.45, 2.75) is 13.3 Å². The molecule has 1 N–H and O–H groups in total. The fourth-order valence-electron chi connectivity index (χ4n) is 1.34. The number of rotatable bonds is 4. The Morgan fingerprint density at radius 2 is 2.17 bits per heavy atom. The minimum Gasteiger partial charge on any atom is -0.510 e.